The van der Waals surface area contributed by atoms with E-state index in [2.05, 4.69) is 10.4 Å². The number of benzene rings is 1. The maximum atomic E-state index is 12.6. The molecule has 25 heavy (non-hydrogen) atoms. The van der Waals surface area contributed by atoms with Crippen molar-refractivity contribution >= 4 is 11.8 Å². The molecule has 6 heteroatoms. The molecule has 1 aromatic heterocycles. The summed E-state index contributed by atoms with van der Waals surface area (Å²) in [6, 6.07) is 11.6. The molecule has 2 amide bonds. The summed E-state index contributed by atoms with van der Waals surface area (Å²) in [5.41, 5.74) is 0.894. The van der Waals surface area contributed by atoms with Gasteiger partial charge in [0.15, 0.2) is 5.82 Å². The predicted molar refractivity (Wildman–Crippen MR) is 97.4 cm³/mol. The van der Waals surface area contributed by atoms with Gasteiger partial charge in [0.1, 0.15) is 0 Å². The van der Waals surface area contributed by atoms with Gasteiger partial charge in [-0.3, -0.25) is 10.00 Å². The maximum Gasteiger partial charge on any atom is 0.323 e. The molecular formula is C19H26N4O2. The number of aliphatic hydroxyl groups is 1. The van der Waals surface area contributed by atoms with Crippen molar-refractivity contribution in [3.8, 4) is 0 Å². The maximum absolute atomic E-state index is 12.6. The molecule has 1 aliphatic rings. The van der Waals surface area contributed by atoms with Crippen molar-refractivity contribution in [2.75, 3.05) is 11.9 Å². The van der Waals surface area contributed by atoms with Crippen molar-refractivity contribution in [1.82, 2.24) is 14.7 Å². The molecule has 2 heterocycles. The molecule has 1 aliphatic heterocycles. The number of carbonyl (C=O) groups is 1. The second-order valence-corrected chi connectivity index (χ2v) is 6.86. The van der Waals surface area contributed by atoms with Crippen molar-refractivity contribution in [1.29, 1.82) is 0 Å². The van der Waals surface area contributed by atoms with E-state index < -0.39 is 6.10 Å². The van der Waals surface area contributed by atoms with E-state index in [0.717, 1.165) is 18.4 Å². The highest BCUT2D eigenvalue weighted by molar-refractivity contribution is 5.88. The summed E-state index contributed by atoms with van der Waals surface area (Å²) in [5, 5.41) is 17.7. The van der Waals surface area contributed by atoms with E-state index >= 15 is 0 Å². The Morgan fingerprint density at radius 3 is 2.76 bits per heavy atom. The number of urea groups is 1. The molecule has 3 rings (SSSR count). The number of amides is 2. The van der Waals surface area contributed by atoms with Gasteiger partial charge in [-0.25, -0.2) is 4.79 Å². The Bertz CT molecular complexity index is 698. The third-order valence-electron chi connectivity index (χ3n) is 4.69. The van der Waals surface area contributed by atoms with Crippen LogP contribution in [0.15, 0.2) is 42.6 Å². The van der Waals surface area contributed by atoms with E-state index in [-0.39, 0.29) is 18.1 Å². The zero-order valence-corrected chi connectivity index (χ0v) is 14.8. The van der Waals surface area contributed by atoms with Gasteiger partial charge in [0.25, 0.3) is 0 Å². The highest BCUT2D eigenvalue weighted by atomic mass is 16.3. The van der Waals surface area contributed by atoms with Gasteiger partial charge in [0.2, 0.25) is 0 Å². The Balaban J connectivity index is 1.61. The van der Waals surface area contributed by atoms with Crippen LogP contribution in [0.25, 0.3) is 0 Å². The number of likely N-dealkylation sites (tertiary alicyclic amines) is 1. The molecule has 6 nitrogen and oxygen atoms in total. The molecule has 1 aromatic carbocycles. The first-order chi connectivity index (χ1) is 12.0. The smallest absolute Gasteiger partial charge is 0.323 e. The zero-order chi connectivity index (χ0) is 17.8. The molecule has 1 saturated heterocycles. The first-order valence-electron chi connectivity index (χ1n) is 8.90. The quantitative estimate of drug-likeness (QED) is 0.872. The van der Waals surface area contributed by atoms with E-state index in [4.69, 9.17) is 0 Å². The molecule has 1 fully saturated rings. The Kier molecular flexibility index (Phi) is 5.38. The lowest BCUT2D eigenvalue weighted by atomic mass is 10.0. The van der Waals surface area contributed by atoms with Crippen LogP contribution in [0.3, 0.4) is 0 Å². The molecule has 2 N–H and O–H groups in total. The highest BCUT2D eigenvalue weighted by Gasteiger charge is 2.31. The molecule has 134 valence electrons. The van der Waals surface area contributed by atoms with Crippen LogP contribution >= 0.6 is 0 Å². The molecule has 0 radical (unpaired) electrons. The standard InChI is InChI=1S/C19H26N4O2/c1-14(2)23-12-10-18(21-23)20-19(25)22-11-6-9-16(22)13-17(24)15-7-4-3-5-8-15/h3-5,7-8,10,12,14,16-17,24H,6,9,11,13H2,1-2H3,(H,20,21,25)/t16-,17+/m1/s1. The van der Waals surface area contributed by atoms with Crippen molar-refractivity contribution in [2.24, 2.45) is 0 Å². The molecule has 0 aliphatic carbocycles. The molecule has 2 aromatic rings. The average Bonchev–Trinajstić information content (AvgIpc) is 3.25. The van der Waals surface area contributed by atoms with E-state index in [1.165, 1.54) is 0 Å². The lowest BCUT2D eigenvalue weighted by molar-refractivity contribution is 0.129. The topological polar surface area (TPSA) is 70.4 Å². The van der Waals surface area contributed by atoms with Crippen LogP contribution in [0.4, 0.5) is 10.6 Å². The fourth-order valence-electron chi connectivity index (χ4n) is 3.29. The van der Waals surface area contributed by atoms with E-state index in [0.29, 0.717) is 18.8 Å². The Hall–Kier alpha value is -2.34. The second-order valence-electron chi connectivity index (χ2n) is 6.86. The van der Waals surface area contributed by atoms with Gasteiger partial charge in [-0.2, -0.15) is 5.10 Å². The van der Waals surface area contributed by atoms with Gasteiger partial charge in [0.05, 0.1) is 6.10 Å². The normalized spacial score (nSPS) is 18.6. The molecule has 0 saturated carbocycles. The van der Waals surface area contributed by atoms with Crippen LogP contribution in [0, 0.1) is 0 Å². The van der Waals surface area contributed by atoms with Crippen LogP contribution < -0.4 is 5.32 Å². The number of carbonyl (C=O) groups excluding carboxylic acids is 1. The fourth-order valence-corrected chi connectivity index (χ4v) is 3.29. The molecule has 0 unspecified atom stereocenters. The largest absolute Gasteiger partial charge is 0.388 e. The number of hydrogen-bond acceptors (Lipinski definition) is 3. The average molecular weight is 342 g/mol. The molecule has 0 bridgehead atoms. The predicted octanol–water partition coefficient (Wildman–Crippen LogP) is 3.58. The first kappa shape index (κ1) is 17.5. The van der Waals surface area contributed by atoms with Gasteiger partial charge in [0, 0.05) is 30.9 Å². The number of nitrogens with zero attached hydrogens (tertiary/aromatic N) is 3. The summed E-state index contributed by atoms with van der Waals surface area (Å²) in [7, 11) is 0. The van der Waals surface area contributed by atoms with Crippen LogP contribution in [-0.2, 0) is 0 Å². The first-order valence-corrected chi connectivity index (χ1v) is 8.90. The van der Waals surface area contributed by atoms with Crippen molar-refractivity contribution < 1.29 is 9.90 Å². The Morgan fingerprint density at radius 1 is 1.32 bits per heavy atom. The van der Waals surface area contributed by atoms with Crippen molar-refractivity contribution in [3.05, 3.63) is 48.2 Å². The van der Waals surface area contributed by atoms with Crippen molar-refractivity contribution in [2.45, 2.75) is 51.3 Å². The molecular weight excluding hydrogens is 316 g/mol. The summed E-state index contributed by atoms with van der Waals surface area (Å²) in [4.78, 5) is 14.4. The van der Waals surface area contributed by atoms with Gasteiger partial charge in [-0.1, -0.05) is 30.3 Å². The molecule has 2 atom stereocenters. The lowest BCUT2D eigenvalue weighted by Crippen LogP contribution is -2.39. The van der Waals surface area contributed by atoms with Gasteiger partial charge < -0.3 is 10.0 Å². The Morgan fingerprint density at radius 2 is 2.08 bits per heavy atom. The minimum atomic E-state index is -0.556. The number of hydrogen-bond donors (Lipinski definition) is 2. The minimum Gasteiger partial charge on any atom is -0.388 e. The molecule has 0 spiro atoms. The lowest BCUT2D eigenvalue weighted by Gasteiger charge is -2.26. The SMILES string of the molecule is CC(C)n1ccc(NC(=O)N2CCC[C@@H]2C[C@H](O)c2ccccc2)n1. The van der Waals surface area contributed by atoms with Gasteiger partial charge in [-0.15, -0.1) is 0 Å². The van der Waals surface area contributed by atoms with Crippen LogP contribution in [0.5, 0.6) is 0 Å². The van der Waals surface area contributed by atoms with Crippen LogP contribution in [-0.4, -0.2) is 38.4 Å². The summed E-state index contributed by atoms with van der Waals surface area (Å²) in [5.74, 6) is 0.563. The monoisotopic (exact) mass is 342 g/mol. The van der Waals surface area contributed by atoms with Gasteiger partial charge >= 0.3 is 6.03 Å². The Labute approximate surface area is 148 Å². The van der Waals surface area contributed by atoms with E-state index in [1.54, 1.807) is 0 Å². The second kappa shape index (κ2) is 7.70. The summed E-state index contributed by atoms with van der Waals surface area (Å²) >= 11 is 0. The number of rotatable bonds is 5. The third-order valence-corrected chi connectivity index (χ3v) is 4.69. The van der Waals surface area contributed by atoms with Crippen LogP contribution in [0.1, 0.15) is 50.8 Å². The zero-order valence-electron chi connectivity index (χ0n) is 14.8. The van der Waals surface area contributed by atoms with E-state index in [9.17, 15) is 9.90 Å². The van der Waals surface area contributed by atoms with Gasteiger partial charge in [-0.05, 0) is 38.7 Å². The minimum absolute atomic E-state index is 0.0439. The van der Waals surface area contributed by atoms with E-state index in [1.807, 2.05) is 66.0 Å². The number of nitrogens with one attached hydrogen (secondary N) is 1. The van der Waals surface area contributed by atoms with Crippen LogP contribution in [0.2, 0.25) is 0 Å². The van der Waals surface area contributed by atoms with Crippen molar-refractivity contribution in [3.63, 3.8) is 0 Å². The highest BCUT2D eigenvalue weighted by Crippen LogP contribution is 2.27. The summed E-state index contributed by atoms with van der Waals surface area (Å²) in [6.07, 6.45) is 3.73. The summed E-state index contributed by atoms with van der Waals surface area (Å²) < 4.78 is 1.82. The summed E-state index contributed by atoms with van der Waals surface area (Å²) in [6.45, 7) is 4.79. The number of anilines is 1. The third kappa shape index (κ3) is 4.20. The number of aromatic nitrogens is 2. The number of aliphatic hydroxyl groups excluding tert-OH is 1. The fraction of sp³-hybridized carbons (Fsp3) is 0.474.